The molecule has 0 unspecified atom stereocenters. The Kier molecular flexibility index (Phi) is 6.76. The third-order valence-electron chi connectivity index (χ3n) is 5.52. The van der Waals surface area contributed by atoms with Crippen molar-refractivity contribution in [3.63, 3.8) is 0 Å². The van der Waals surface area contributed by atoms with Crippen LogP contribution in [-0.2, 0) is 6.54 Å². The van der Waals surface area contributed by atoms with E-state index in [4.69, 9.17) is 0 Å². The van der Waals surface area contributed by atoms with Gasteiger partial charge in [0.05, 0.1) is 47.5 Å². The SMILES string of the molecule is CC(F)(F)C[C@@H](CO)Nc1cc(-n2ccc3c(cnn3Cc3c(F)cccc3F)c2=O)c(C#N)cn1. The number of rotatable bonds is 8. The molecule has 0 aliphatic carbocycles. The zero-order chi connectivity index (χ0) is 26.0. The van der Waals surface area contributed by atoms with Crippen molar-refractivity contribution in [2.24, 2.45) is 0 Å². The maximum atomic E-state index is 14.1. The highest BCUT2D eigenvalue weighted by Crippen LogP contribution is 2.23. The monoisotopic (exact) mass is 500 g/mol. The number of benzene rings is 1. The van der Waals surface area contributed by atoms with E-state index in [2.05, 4.69) is 15.4 Å². The summed E-state index contributed by atoms with van der Waals surface area (Å²) in [6.07, 6.45) is 3.14. The Hall–Kier alpha value is -4.24. The molecule has 1 aromatic carbocycles. The molecule has 1 atom stereocenters. The van der Waals surface area contributed by atoms with Crippen LogP contribution in [0.4, 0.5) is 23.4 Å². The van der Waals surface area contributed by atoms with E-state index in [9.17, 15) is 32.7 Å². The van der Waals surface area contributed by atoms with Gasteiger partial charge in [0, 0.05) is 30.4 Å². The summed E-state index contributed by atoms with van der Waals surface area (Å²) in [5.74, 6) is -4.46. The first-order valence-corrected chi connectivity index (χ1v) is 10.8. The number of nitrogens with zero attached hydrogens (tertiary/aromatic N) is 5. The lowest BCUT2D eigenvalue weighted by molar-refractivity contribution is 0.00317. The molecule has 0 saturated carbocycles. The van der Waals surface area contributed by atoms with Crippen LogP contribution in [0.15, 0.2) is 53.7 Å². The van der Waals surface area contributed by atoms with Crippen molar-refractivity contribution in [1.29, 1.82) is 5.26 Å². The highest BCUT2D eigenvalue weighted by atomic mass is 19.3. The first-order valence-electron chi connectivity index (χ1n) is 10.8. The molecule has 3 aromatic heterocycles. The number of pyridine rings is 2. The van der Waals surface area contributed by atoms with Crippen molar-refractivity contribution in [2.45, 2.75) is 31.9 Å². The molecule has 8 nitrogen and oxygen atoms in total. The van der Waals surface area contributed by atoms with Gasteiger partial charge in [0.1, 0.15) is 23.5 Å². The number of nitriles is 1. The fourth-order valence-electron chi connectivity index (χ4n) is 3.84. The van der Waals surface area contributed by atoms with Gasteiger partial charge in [0.2, 0.25) is 5.92 Å². The highest BCUT2D eigenvalue weighted by Gasteiger charge is 2.27. The maximum Gasteiger partial charge on any atom is 0.266 e. The average Bonchev–Trinajstić information content (AvgIpc) is 3.24. The molecule has 186 valence electrons. The van der Waals surface area contributed by atoms with E-state index in [-0.39, 0.29) is 34.6 Å². The van der Waals surface area contributed by atoms with E-state index in [1.54, 1.807) is 0 Å². The van der Waals surface area contributed by atoms with E-state index in [1.807, 2.05) is 6.07 Å². The summed E-state index contributed by atoms with van der Waals surface area (Å²) in [4.78, 5) is 17.3. The lowest BCUT2D eigenvalue weighted by Gasteiger charge is -2.21. The van der Waals surface area contributed by atoms with Crippen LogP contribution >= 0.6 is 0 Å². The topological polar surface area (TPSA) is 109 Å². The lowest BCUT2D eigenvalue weighted by Crippen LogP contribution is -2.31. The summed E-state index contributed by atoms with van der Waals surface area (Å²) >= 11 is 0. The number of alkyl halides is 2. The number of nitrogens with one attached hydrogen (secondary N) is 1. The van der Waals surface area contributed by atoms with Gasteiger partial charge in [0.15, 0.2) is 0 Å². The summed E-state index contributed by atoms with van der Waals surface area (Å²) < 4.78 is 57.4. The Morgan fingerprint density at radius 1 is 1.22 bits per heavy atom. The fraction of sp³-hybridized carbons (Fsp3) is 0.250. The van der Waals surface area contributed by atoms with Gasteiger partial charge in [0.25, 0.3) is 5.56 Å². The number of aromatic nitrogens is 4. The Bertz CT molecular complexity index is 1500. The van der Waals surface area contributed by atoms with Crippen LogP contribution in [0.3, 0.4) is 0 Å². The van der Waals surface area contributed by atoms with Crippen molar-refractivity contribution >= 4 is 16.7 Å². The standard InChI is InChI=1S/C24H20F4N6O2/c1-24(27,28)8-15(13-35)32-22-7-21(14(9-29)10-30-22)33-6-5-20-16(23(33)36)11-31-34(20)12-17-18(25)3-2-4-19(17)26/h2-7,10-11,15,35H,8,12-13H2,1H3,(H,30,32)/t15-/m0/s1. The quantitative estimate of drug-likeness (QED) is 0.358. The van der Waals surface area contributed by atoms with E-state index < -0.39 is 42.2 Å². The van der Waals surface area contributed by atoms with E-state index in [1.165, 1.54) is 41.5 Å². The Balaban J connectivity index is 1.72. The number of hydrogen-bond donors (Lipinski definition) is 2. The normalized spacial score (nSPS) is 12.5. The maximum absolute atomic E-state index is 14.1. The number of fused-ring (bicyclic) bond motifs is 1. The zero-order valence-electron chi connectivity index (χ0n) is 18.9. The van der Waals surface area contributed by atoms with Gasteiger partial charge in [-0.1, -0.05) is 6.07 Å². The van der Waals surface area contributed by atoms with Gasteiger partial charge in [-0.05, 0) is 25.1 Å². The number of anilines is 1. The average molecular weight is 500 g/mol. The van der Waals surface area contributed by atoms with Gasteiger partial charge in [-0.2, -0.15) is 10.4 Å². The van der Waals surface area contributed by atoms with Gasteiger partial charge in [-0.15, -0.1) is 0 Å². The third-order valence-corrected chi connectivity index (χ3v) is 5.52. The molecule has 36 heavy (non-hydrogen) atoms. The molecule has 0 aliphatic heterocycles. The van der Waals surface area contributed by atoms with Crippen molar-refractivity contribution in [1.82, 2.24) is 19.3 Å². The first-order chi connectivity index (χ1) is 17.1. The molecule has 12 heteroatoms. The minimum Gasteiger partial charge on any atom is -0.394 e. The molecule has 0 saturated heterocycles. The molecule has 0 aliphatic rings. The van der Waals surface area contributed by atoms with Gasteiger partial charge < -0.3 is 10.4 Å². The highest BCUT2D eigenvalue weighted by molar-refractivity contribution is 5.78. The number of aliphatic hydroxyl groups is 1. The van der Waals surface area contributed by atoms with Crippen molar-refractivity contribution < 1.29 is 22.7 Å². The molecule has 0 fully saturated rings. The largest absolute Gasteiger partial charge is 0.394 e. The van der Waals surface area contributed by atoms with E-state index in [0.717, 1.165) is 23.6 Å². The second kappa shape index (κ2) is 9.79. The molecule has 2 N–H and O–H groups in total. The molecule has 0 radical (unpaired) electrons. The third kappa shape index (κ3) is 5.06. The molecule has 3 heterocycles. The summed E-state index contributed by atoms with van der Waals surface area (Å²) in [6, 6.07) is 7.24. The van der Waals surface area contributed by atoms with E-state index in [0.29, 0.717) is 5.52 Å². The molecule has 4 aromatic rings. The molecule has 0 amide bonds. The van der Waals surface area contributed by atoms with Crippen molar-refractivity contribution in [3.05, 3.63) is 82.0 Å². The first kappa shape index (κ1) is 24.9. The summed E-state index contributed by atoms with van der Waals surface area (Å²) in [5.41, 5.74) is -0.311. The molecular formula is C24H20F4N6O2. The Labute approximate surface area is 202 Å². The van der Waals surface area contributed by atoms with Crippen LogP contribution in [0.1, 0.15) is 24.5 Å². The predicted octanol–water partition coefficient (Wildman–Crippen LogP) is 3.60. The second-order valence-electron chi connectivity index (χ2n) is 8.29. The van der Waals surface area contributed by atoms with Crippen LogP contribution in [0, 0.1) is 23.0 Å². The van der Waals surface area contributed by atoms with Crippen LogP contribution in [-0.4, -0.2) is 43.0 Å². The molecule has 0 bridgehead atoms. The van der Waals surface area contributed by atoms with Crippen molar-refractivity contribution in [2.75, 3.05) is 11.9 Å². The fourth-order valence-corrected chi connectivity index (χ4v) is 3.84. The van der Waals surface area contributed by atoms with Crippen LogP contribution in [0.25, 0.3) is 16.6 Å². The van der Waals surface area contributed by atoms with Crippen molar-refractivity contribution in [3.8, 4) is 11.8 Å². The molecule has 0 spiro atoms. The molecular weight excluding hydrogens is 480 g/mol. The van der Waals surface area contributed by atoms with Gasteiger partial charge in [-0.25, -0.2) is 22.5 Å². The second-order valence-corrected chi connectivity index (χ2v) is 8.29. The summed E-state index contributed by atoms with van der Waals surface area (Å²) in [5, 5.41) is 25.9. The summed E-state index contributed by atoms with van der Waals surface area (Å²) in [6.45, 7) is -0.110. The molecule has 4 rings (SSSR count). The van der Waals surface area contributed by atoms with Crippen LogP contribution < -0.4 is 10.9 Å². The number of hydrogen-bond acceptors (Lipinski definition) is 6. The van der Waals surface area contributed by atoms with Gasteiger partial charge in [-0.3, -0.25) is 14.0 Å². The minimum absolute atomic E-state index is 0.0317. The zero-order valence-corrected chi connectivity index (χ0v) is 18.9. The lowest BCUT2D eigenvalue weighted by atomic mass is 10.1. The summed E-state index contributed by atoms with van der Waals surface area (Å²) in [7, 11) is 0. The number of halogens is 4. The Morgan fingerprint density at radius 2 is 1.94 bits per heavy atom. The van der Waals surface area contributed by atoms with Gasteiger partial charge >= 0.3 is 0 Å². The Morgan fingerprint density at radius 3 is 2.58 bits per heavy atom. The van der Waals surface area contributed by atoms with E-state index >= 15 is 0 Å². The smallest absolute Gasteiger partial charge is 0.266 e. The van der Waals surface area contributed by atoms with Crippen LogP contribution in [0.2, 0.25) is 0 Å². The van der Waals surface area contributed by atoms with Crippen LogP contribution in [0.5, 0.6) is 0 Å². The number of aliphatic hydroxyl groups excluding tert-OH is 1. The predicted molar refractivity (Wildman–Crippen MR) is 123 cm³/mol. The minimum atomic E-state index is -3.04.